The molecule has 1 unspecified atom stereocenters. The lowest BCUT2D eigenvalue weighted by Crippen LogP contribution is -2.38. The topological polar surface area (TPSA) is 67.2 Å². The number of nitrogens with zero attached hydrogens (tertiary/aromatic N) is 1. The summed E-state index contributed by atoms with van der Waals surface area (Å²) in [6.45, 7) is 1.81. The fourth-order valence-electron chi connectivity index (χ4n) is 3.12. The summed E-state index contributed by atoms with van der Waals surface area (Å²) in [6.07, 6.45) is -0.273. The quantitative estimate of drug-likeness (QED) is 0.483. The molecule has 0 heterocycles. The lowest BCUT2D eigenvalue weighted by Gasteiger charge is -2.24. The summed E-state index contributed by atoms with van der Waals surface area (Å²) in [7, 11) is 0. The monoisotopic (exact) mass is 357 g/mol. The summed E-state index contributed by atoms with van der Waals surface area (Å²) in [5.41, 5.74) is -0.742. The molecule has 0 aliphatic carbocycles. The molecular weight excluding hydrogens is 338 g/mol. The lowest BCUT2D eigenvalue weighted by molar-refractivity contribution is -0.147. The first-order valence-electron chi connectivity index (χ1n) is 8.76. The minimum atomic E-state index is -1.67. The molecule has 0 saturated carbocycles. The molecule has 27 heavy (non-hydrogen) atoms. The molecule has 0 aromatic heterocycles. The second kappa shape index (κ2) is 7.84. The normalized spacial score (nSPS) is 12.7. The zero-order valence-corrected chi connectivity index (χ0v) is 15.0. The third-order valence-corrected chi connectivity index (χ3v) is 4.58. The van der Waals surface area contributed by atoms with Gasteiger partial charge < -0.3 is 4.74 Å². The van der Waals surface area contributed by atoms with E-state index in [1.54, 1.807) is 49.4 Å². The Balaban J connectivity index is 2.01. The van der Waals surface area contributed by atoms with E-state index < -0.39 is 11.4 Å². The zero-order valence-electron chi connectivity index (χ0n) is 15.0. The smallest absolute Gasteiger partial charge is 0.331 e. The van der Waals surface area contributed by atoms with Gasteiger partial charge in [0, 0.05) is 12.0 Å². The van der Waals surface area contributed by atoms with Gasteiger partial charge in [0.1, 0.15) is 0 Å². The predicted molar refractivity (Wildman–Crippen MR) is 103 cm³/mol. The van der Waals surface area contributed by atoms with Crippen LogP contribution in [0.15, 0.2) is 72.8 Å². The maximum atomic E-state index is 13.0. The van der Waals surface area contributed by atoms with E-state index in [-0.39, 0.29) is 18.8 Å². The number of nitriles is 1. The van der Waals surface area contributed by atoms with Gasteiger partial charge in [0.05, 0.1) is 12.7 Å². The highest BCUT2D eigenvalue weighted by Crippen LogP contribution is 2.31. The highest BCUT2D eigenvalue weighted by Gasteiger charge is 2.44. The van der Waals surface area contributed by atoms with Crippen molar-refractivity contribution in [2.75, 3.05) is 6.61 Å². The molecule has 134 valence electrons. The Bertz CT molecular complexity index is 1020. The van der Waals surface area contributed by atoms with Crippen LogP contribution in [-0.4, -0.2) is 18.4 Å². The van der Waals surface area contributed by atoms with E-state index in [4.69, 9.17) is 4.74 Å². The van der Waals surface area contributed by atoms with E-state index in [2.05, 4.69) is 6.07 Å². The summed E-state index contributed by atoms with van der Waals surface area (Å²) in [5.74, 6) is -0.980. The molecular formula is C23H19NO3. The number of hydrogen-bond donors (Lipinski definition) is 0. The van der Waals surface area contributed by atoms with Gasteiger partial charge in [-0.05, 0) is 29.3 Å². The van der Waals surface area contributed by atoms with Gasteiger partial charge >= 0.3 is 5.97 Å². The number of Topliss-reactive ketones (excluding diaryl/α,β-unsaturated/α-hetero) is 1. The van der Waals surface area contributed by atoms with Crippen molar-refractivity contribution in [1.29, 1.82) is 5.26 Å². The van der Waals surface area contributed by atoms with E-state index in [0.29, 0.717) is 11.1 Å². The standard InChI is InChI=1S/C23H19NO3/c1-2-27-22(26)23(16-24,20-10-4-3-5-11-20)15-21(25)19-13-12-17-8-6-7-9-18(17)14-19/h3-14H,2,15H2,1H3. The molecule has 0 bridgehead atoms. The van der Waals surface area contributed by atoms with Crippen LogP contribution < -0.4 is 0 Å². The van der Waals surface area contributed by atoms with E-state index in [1.807, 2.05) is 30.3 Å². The van der Waals surface area contributed by atoms with Crippen molar-refractivity contribution in [3.63, 3.8) is 0 Å². The molecule has 0 aliphatic rings. The second-order valence-electron chi connectivity index (χ2n) is 6.27. The van der Waals surface area contributed by atoms with Crippen molar-refractivity contribution in [3.05, 3.63) is 83.9 Å². The zero-order chi connectivity index (χ0) is 19.3. The molecule has 0 amide bonds. The maximum Gasteiger partial charge on any atom is 0.331 e. The first-order chi connectivity index (χ1) is 13.1. The molecule has 0 spiro atoms. The van der Waals surface area contributed by atoms with Gasteiger partial charge in [-0.15, -0.1) is 0 Å². The van der Waals surface area contributed by atoms with Crippen molar-refractivity contribution in [1.82, 2.24) is 0 Å². The number of benzene rings is 3. The summed E-state index contributed by atoms with van der Waals surface area (Å²) in [4.78, 5) is 25.7. The molecule has 0 fully saturated rings. The fourth-order valence-corrected chi connectivity index (χ4v) is 3.12. The number of hydrogen-bond acceptors (Lipinski definition) is 4. The SMILES string of the molecule is CCOC(=O)C(C#N)(CC(=O)c1ccc2ccccc2c1)c1ccccc1. The minimum absolute atomic E-state index is 0.138. The van der Waals surface area contributed by atoms with Crippen LogP contribution in [0.1, 0.15) is 29.3 Å². The fraction of sp³-hybridized carbons (Fsp3) is 0.174. The largest absolute Gasteiger partial charge is 0.465 e. The van der Waals surface area contributed by atoms with E-state index in [0.717, 1.165) is 10.8 Å². The van der Waals surface area contributed by atoms with Gasteiger partial charge in [0.25, 0.3) is 0 Å². The molecule has 3 aromatic rings. The molecule has 0 N–H and O–H groups in total. The average Bonchev–Trinajstić information content (AvgIpc) is 2.72. The number of carbonyl (C=O) groups excluding carboxylic acids is 2. The highest BCUT2D eigenvalue weighted by atomic mass is 16.5. The first-order valence-corrected chi connectivity index (χ1v) is 8.76. The van der Waals surface area contributed by atoms with Crippen LogP contribution in [0.4, 0.5) is 0 Å². The number of ketones is 1. The maximum absolute atomic E-state index is 13.0. The molecule has 3 aromatic carbocycles. The third kappa shape index (κ3) is 3.58. The van der Waals surface area contributed by atoms with Gasteiger partial charge in [0.2, 0.25) is 0 Å². The first kappa shape index (κ1) is 18.3. The summed E-state index contributed by atoms with van der Waals surface area (Å²) in [6, 6.07) is 23.8. The predicted octanol–water partition coefficient (Wildman–Crippen LogP) is 4.44. The summed E-state index contributed by atoms with van der Waals surface area (Å²) < 4.78 is 5.15. The number of ether oxygens (including phenoxy) is 1. The number of carbonyl (C=O) groups is 2. The van der Waals surface area contributed by atoms with Gasteiger partial charge in [-0.25, -0.2) is 4.79 Å². The van der Waals surface area contributed by atoms with Crippen LogP contribution >= 0.6 is 0 Å². The van der Waals surface area contributed by atoms with Crippen molar-refractivity contribution in [2.45, 2.75) is 18.8 Å². The Morgan fingerprint density at radius 2 is 1.63 bits per heavy atom. The summed E-state index contributed by atoms with van der Waals surface area (Å²) >= 11 is 0. The van der Waals surface area contributed by atoms with Crippen molar-refractivity contribution in [2.24, 2.45) is 0 Å². The third-order valence-electron chi connectivity index (χ3n) is 4.58. The molecule has 0 aliphatic heterocycles. The van der Waals surface area contributed by atoms with E-state index in [9.17, 15) is 14.9 Å². The van der Waals surface area contributed by atoms with Crippen LogP contribution in [0.25, 0.3) is 10.8 Å². The number of rotatable bonds is 6. The van der Waals surface area contributed by atoms with Crippen LogP contribution in [0, 0.1) is 11.3 Å². The highest BCUT2D eigenvalue weighted by molar-refractivity contribution is 6.04. The molecule has 3 rings (SSSR count). The van der Waals surface area contributed by atoms with Crippen LogP contribution in [0.3, 0.4) is 0 Å². The van der Waals surface area contributed by atoms with Gasteiger partial charge in [-0.3, -0.25) is 4.79 Å². The Hall–Kier alpha value is -3.45. The van der Waals surface area contributed by atoms with Gasteiger partial charge in [0.15, 0.2) is 11.2 Å². The number of fused-ring (bicyclic) bond motifs is 1. The molecule has 0 radical (unpaired) electrons. The summed E-state index contributed by atoms with van der Waals surface area (Å²) in [5, 5.41) is 11.8. The Morgan fingerprint density at radius 3 is 2.30 bits per heavy atom. The van der Waals surface area contributed by atoms with Gasteiger partial charge in [-0.2, -0.15) is 5.26 Å². The number of esters is 1. The van der Waals surface area contributed by atoms with Crippen molar-refractivity contribution in [3.8, 4) is 6.07 Å². The van der Waals surface area contributed by atoms with E-state index >= 15 is 0 Å². The Labute approximate surface area is 158 Å². The van der Waals surface area contributed by atoms with E-state index in [1.165, 1.54) is 0 Å². The van der Waals surface area contributed by atoms with Crippen molar-refractivity contribution >= 4 is 22.5 Å². The average molecular weight is 357 g/mol. The molecule has 0 saturated heterocycles. The van der Waals surface area contributed by atoms with Crippen molar-refractivity contribution < 1.29 is 14.3 Å². The lowest BCUT2D eigenvalue weighted by atomic mass is 9.76. The van der Waals surface area contributed by atoms with Crippen LogP contribution in [-0.2, 0) is 14.9 Å². The minimum Gasteiger partial charge on any atom is -0.465 e. The van der Waals surface area contributed by atoms with Crippen LogP contribution in [0.5, 0.6) is 0 Å². The second-order valence-corrected chi connectivity index (χ2v) is 6.27. The Morgan fingerprint density at radius 1 is 0.963 bits per heavy atom. The molecule has 4 heteroatoms. The molecule has 1 atom stereocenters. The van der Waals surface area contributed by atoms with Gasteiger partial charge in [-0.1, -0.05) is 66.7 Å². The molecule has 4 nitrogen and oxygen atoms in total. The Kier molecular flexibility index (Phi) is 5.33. The van der Waals surface area contributed by atoms with Crippen LogP contribution in [0.2, 0.25) is 0 Å².